The highest BCUT2D eigenvalue weighted by Crippen LogP contribution is 2.49. The summed E-state index contributed by atoms with van der Waals surface area (Å²) in [7, 11) is 0. The Labute approximate surface area is 167 Å². The highest BCUT2D eigenvalue weighted by molar-refractivity contribution is 5.16. The first-order valence-electron chi connectivity index (χ1n) is 10.9. The average Bonchev–Trinajstić information content (AvgIpc) is 3.43. The van der Waals surface area contributed by atoms with Crippen molar-refractivity contribution >= 4 is 0 Å². The summed E-state index contributed by atoms with van der Waals surface area (Å²) >= 11 is 0. The van der Waals surface area contributed by atoms with E-state index in [9.17, 15) is 0 Å². The molecule has 4 heterocycles. The van der Waals surface area contributed by atoms with Crippen LogP contribution in [0.4, 0.5) is 0 Å². The first-order chi connectivity index (χ1) is 13.7. The molecule has 3 aliphatic rings. The first-order valence-corrected chi connectivity index (χ1v) is 10.9. The summed E-state index contributed by atoms with van der Waals surface area (Å²) in [5, 5.41) is 8.29. The zero-order valence-corrected chi connectivity index (χ0v) is 16.8. The number of fused-ring (bicyclic) bond motifs is 1. The van der Waals surface area contributed by atoms with Crippen LogP contribution in [0.1, 0.15) is 81.9 Å². The molecule has 3 atom stereocenters. The Morgan fingerprint density at radius 3 is 2.82 bits per heavy atom. The minimum absolute atomic E-state index is 0.0152. The van der Waals surface area contributed by atoms with Gasteiger partial charge < -0.3 is 10.1 Å². The summed E-state index contributed by atoms with van der Waals surface area (Å²) in [5.74, 6) is 1.01. The molecule has 0 bridgehead atoms. The van der Waals surface area contributed by atoms with Gasteiger partial charge in [-0.25, -0.2) is 9.97 Å². The third-order valence-electron chi connectivity index (χ3n) is 7.25. The van der Waals surface area contributed by atoms with Crippen LogP contribution >= 0.6 is 0 Å². The molecule has 6 nitrogen and oxygen atoms in total. The molecule has 1 spiro atoms. The third kappa shape index (κ3) is 3.16. The maximum atomic E-state index is 6.35. The van der Waals surface area contributed by atoms with Crippen LogP contribution in [-0.4, -0.2) is 38.5 Å². The second kappa shape index (κ2) is 7.23. The molecule has 1 aliphatic carbocycles. The van der Waals surface area contributed by atoms with Gasteiger partial charge in [0.05, 0.1) is 23.4 Å². The molecule has 1 saturated carbocycles. The molecule has 1 saturated heterocycles. The van der Waals surface area contributed by atoms with Crippen LogP contribution in [0, 0.1) is 0 Å². The lowest BCUT2D eigenvalue weighted by Gasteiger charge is -2.46. The van der Waals surface area contributed by atoms with E-state index in [1.54, 1.807) is 0 Å². The number of rotatable bonds is 5. The van der Waals surface area contributed by atoms with Gasteiger partial charge in [0.2, 0.25) is 0 Å². The minimum Gasteiger partial charge on any atom is -0.375 e. The quantitative estimate of drug-likeness (QED) is 0.855. The fourth-order valence-corrected chi connectivity index (χ4v) is 5.85. The van der Waals surface area contributed by atoms with E-state index in [0.29, 0.717) is 12.1 Å². The van der Waals surface area contributed by atoms with E-state index in [-0.39, 0.29) is 11.0 Å². The van der Waals surface area contributed by atoms with E-state index in [1.165, 1.54) is 31.4 Å². The van der Waals surface area contributed by atoms with Gasteiger partial charge in [-0.1, -0.05) is 12.8 Å². The Hall–Kier alpha value is -1.79. The molecule has 0 amide bonds. The predicted octanol–water partition coefficient (Wildman–Crippen LogP) is 3.72. The SMILES string of the molecule is CC1CC(NCC[C@@]2(c3ncccn3)CCOC3(CCCC3)C2)c2ccnn21. The smallest absolute Gasteiger partial charge is 0.134 e. The maximum absolute atomic E-state index is 6.35. The van der Waals surface area contributed by atoms with Crippen LogP contribution in [0.25, 0.3) is 0 Å². The summed E-state index contributed by atoms with van der Waals surface area (Å²) in [6, 6.07) is 4.94. The zero-order valence-electron chi connectivity index (χ0n) is 16.8. The fourth-order valence-electron chi connectivity index (χ4n) is 5.85. The fraction of sp³-hybridized carbons (Fsp3) is 0.682. The molecule has 150 valence electrons. The van der Waals surface area contributed by atoms with Crippen molar-refractivity contribution in [2.45, 2.75) is 81.4 Å². The highest BCUT2D eigenvalue weighted by Gasteiger charge is 2.49. The topological polar surface area (TPSA) is 64.9 Å². The van der Waals surface area contributed by atoms with Gasteiger partial charge in [-0.3, -0.25) is 4.68 Å². The van der Waals surface area contributed by atoms with Crippen LogP contribution in [-0.2, 0) is 10.2 Å². The molecule has 1 N–H and O–H groups in total. The lowest BCUT2D eigenvalue weighted by Crippen LogP contribution is -2.48. The van der Waals surface area contributed by atoms with Crippen LogP contribution in [0.2, 0.25) is 0 Å². The Balaban J connectivity index is 1.33. The van der Waals surface area contributed by atoms with Gasteiger partial charge in [0.1, 0.15) is 5.82 Å². The van der Waals surface area contributed by atoms with Gasteiger partial charge in [0, 0.05) is 30.6 Å². The molecule has 6 heteroatoms. The van der Waals surface area contributed by atoms with Crippen molar-refractivity contribution in [2.24, 2.45) is 0 Å². The number of hydrogen-bond acceptors (Lipinski definition) is 5. The van der Waals surface area contributed by atoms with Crippen molar-refractivity contribution in [3.05, 3.63) is 42.2 Å². The van der Waals surface area contributed by atoms with E-state index in [0.717, 1.165) is 44.7 Å². The van der Waals surface area contributed by atoms with Crippen LogP contribution in [0.3, 0.4) is 0 Å². The number of nitrogens with zero attached hydrogens (tertiary/aromatic N) is 4. The van der Waals surface area contributed by atoms with E-state index < -0.39 is 0 Å². The second-order valence-corrected chi connectivity index (χ2v) is 9.06. The average molecular weight is 382 g/mol. The number of hydrogen-bond donors (Lipinski definition) is 1. The Kier molecular flexibility index (Phi) is 4.71. The highest BCUT2D eigenvalue weighted by atomic mass is 16.5. The molecule has 2 aliphatic heterocycles. The number of aromatic nitrogens is 4. The Morgan fingerprint density at radius 2 is 2.00 bits per heavy atom. The molecule has 0 aromatic carbocycles. The van der Waals surface area contributed by atoms with Gasteiger partial charge >= 0.3 is 0 Å². The van der Waals surface area contributed by atoms with Crippen LogP contribution in [0.5, 0.6) is 0 Å². The van der Waals surface area contributed by atoms with Gasteiger partial charge in [0.25, 0.3) is 0 Å². The summed E-state index contributed by atoms with van der Waals surface area (Å²) in [5.41, 5.74) is 1.39. The van der Waals surface area contributed by atoms with Gasteiger partial charge in [0.15, 0.2) is 0 Å². The second-order valence-electron chi connectivity index (χ2n) is 9.06. The van der Waals surface area contributed by atoms with Crippen molar-refractivity contribution in [3.63, 3.8) is 0 Å². The monoisotopic (exact) mass is 381 g/mol. The van der Waals surface area contributed by atoms with Crippen molar-refractivity contribution < 1.29 is 4.74 Å². The molecule has 28 heavy (non-hydrogen) atoms. The number of nitrogens with one attached hydrogen (secondary N) is 1. The molecular weight excluding hydrogens is 350 g/mol. The summed E-state index contributed by atoms with van der Waals surface area (Å²) < 4.78 is 8.51. The van der Waals surface area contributed by atoms with Crippen LogP contribution in [0.15, 0.2) is 30.7 Å². The third-order valence-corrected chi connectivity index (χ3v) is 7.25. The normalized spacial score (nSPS) is 31.3. The molecule has 2 fully saturated rings. The standard InChI is InChI=1S/C22H31N5O/c1-17-15-18(19-5-12-26-27(17)19)23-13-8-21(20-24-10-4-11-25-20)9-14-28-22(16-21)6-2-3-7-22/h4-5,10-12,17-18,23H,2-3,6-9,13-16H2,1H3/t17?,18?,21-/m1/s1. The molecule has 5 rings (SSSR count). The first kappa shape index (κ1) is 18.3. The predicted molar refractivity (Wildman–Crippen MR) is 107 cm³/mol. The van der Waals surface area contributed by atoms with Crippen molar-refractivity contribution in [3.8, 4) is 0 Å². The summed E-state index contributed by atoms with van der Waals surface area (Å²) in [4.78, 5) is 9.42. The van der Waals surface area contributed by atoms with Gasteiger partial charge in [-0.2, -0.15) is 5.10 Å². The number of ether oxygens (including phenoxy) is 1. The van der Waals surface area contributed by atoms with Gasteiger partial charge in [-0.15, -0.1) is 0 Å². The molecule has 0 radical (unpaired) electrons. The minimum atomic E-state index is 0.0152. The summed E-state index contributed by atoms with van der Waals surface area (Å²) in [6.07, 6.45) is 14.9. The lowest BCUT2D eigenvalue weighted by molar-refractivity contribution is -0.105. The Bertz CT molecular complexity index is 800. The lowest BCUT2D eigenvalue weighted by atomic mass is 9.69. The van der Waals surface area contributed by atoms with E-state index in [4.69, 9.17) is 14.7 Å². The van der Waals surface area contributed by atoms with Crippen molar-refractivity contribution in [1.82, 2.24) is 25.1 Å². The summed E-state index contributed by atoms with van der Waals surface area (Å²) in [6.45, 7) is 4.04. The van der Waals surface area contributed by atoms with E-state index in [2.05, 4.69) is 28.1 Å². The van der Waals surface area contributed by atoms with E-state index >= 15 is 0 Å². The van der Waals surface area contributed by atoms with Crippen LogP contribution < -0.4 is 5.32 Å². The largest absolute Gasteiger partial charge is 0.375 e. The maximum Gasteiger partial charge on any atom is 0.134 e. The molecule has 2 unspecified atom stereocenters. The molecule has 2 aromatic heterocycles. The van der Waals surface area contributed by atoms with Crippen molar-refractivity contribution in [2.75, 3.05) is 13.2 Å². The van der Waals surface area contributed by atoms with E-state index in [1.807, 2.05) is 24.7 Å². The zero-order chi connectivity index (χ0) is 19.0. The van der Waals surface area contributed by atoms with Crippen molar-refractivity contribution in [1.29, 1.82) is 0 Å². The van der Waals surface area contributed by atoms with Gasteiger partial charge in [-0.05, 0) is 64.1 Å². The molecular formula is C22H31N5O. The molecule has 2 aromatic rings. The Morgan fingerprint density at radius 1 is 1.18 bits per heavy atom.